The van der Waals surface area contributed by atoms with Gasteiger partial charge >= 0.3 is 0 Å². The molecule has 5 atom stereocenters. The van der Waals surface area contributed by atoms with Crippen LogP contribution in [0.5, 0.6) is 17.2 Å². The van der Waals surface area contributed by atoms with E-state index in [2.05, 4.69) is 13.8 Å². The standard InChI is InChI=1S/C22H24O7/c1-10-6-21-7-14(24-3)18(25-4)20(23)22(21)8-26-19-15(22)12(16(29-21)11(10)2)5-13-17(19)28-9-27-13/h5,10-11,16H,6-9H2,1-4H3/t10-,11-,16-,21-,22+/m1/s1. The van der Waals surface area contributed by atoms with Gasteiger partial charge in [0.15, 0.2) is 11.5 Å². The Balaban J connectivity index is 1.70. The van der Waals surface area contributed by atoms with Crippen LogP contribution in [0, 0.1) is 11.8 Å². The van der Waals surface area contributed by atoms with Crippen LogP contribution >= 0.6 is 0 Å². The maximum Gasteiger partial charge on any atom is 0.231 e. The minimum absolute atomic E-state index is 0.137. The van der Waals surface area contributed by atoms with Crippen molar-refractivity contribution in [2.24, 2.45) is 11.8 Å². The van der Waals surface area contributed by atoms with Crippen molar-refractivity contribution in [2.75, 3.05) is 27.6 Å². The molecule has 2 bridgehead atoms. The van der Waals surface area contributed by atoms with Gasteiger partial charge in [-0.3, -0.25) is 4.79 Å². The zero-order chi connectivity index (χ0) is 20.1. The van der Waals surface area contributed by atoms with Gasteiger partial charge in [-0.1, -0.05) is 13.8 Å². The van der Waals surface area contributed by atoms with E-state index >= 15 is 0 Å². The predicted molar refractivity (Wildman–Crippen MR) is 99.9 cm³/mol. The van der Waals surface area contributed by atoms with Crippen LogP contribution in [0.1, 0.15) is 43.9 Å². The summed E-state index contributed by atoms with van der Waals surface area (Å²) in [6, 6.07) is 1.98. The quantitative estimate of drug-likeness (QED) is 0.756. The molecule has 1 saturated heterocycles. The molecule has 1 aromatic rings. The Morgan fingerprint density at radius 1 is 1.10 bits per heavy atom. The third kappa shape index (κ3) is 1.77. The first-order valence-corrected chi connectivity index (χ1v) is 10.1. The number of fused-ring (bicyclic) bond motifs is 4. The van der Waals surface area contributed by atoms with E-state index in [1.807, 2.05) is 6.07 Å². The monoisotopic (exact) mass is 400 g/mol. The van der Waals surface area contributed by atoms with E-state index in [1.54, 1.807) is 7.11 Å². The average Bonchev–Trinajstić information content (AvgIpc) is 3.34. The summed E-state index contributed by atoms with van der Waals surface area (Å²) in [7, 11) is 3.09. The van der Waals surface area contributed by atoms with Crippen molar-refractivity contribution in [1.82, 2.24) is 0 Å². The summed E-state index contributed by atoms with van der Waals surface area (Å²) in [5.74, 6) is 3.18. The molecule has 0 radical (unpaired) electrons. The van der Waals surface area contributed by atoms with Crippen LogP contribution in [0.4, 0.5) is 0 Å². The summed E-state index contributed by atoms with van der Waals surface area (Å²) < 4.78 is 35.6. The molecule has 4 heterocycles. The van der Waals surface area contributed by atoms with Gasteiger partial charge < -0.3 is 28.4 Å². The lowest BCUT2D eigenvalue weighted by Gasteiger charge is -2.59. The highest BCUT2D eigenvalue weighted by molar-refractivity contribution is 6.07. The number of ketones is 1. The number of Topliss-reactive ketones (excluding diaryl/α,β-unsaturated/α-hetero) is 1. The molecule has 0 amide bonds. The number of carbonyl (C=O) groups excluding carboxylic acids is 1. The van der Waals surface area contributed by atoms with Crippen molar-refractivity contribution in [3.8, 4) is 17.2 Å². The van der Waals surface area contributed by atoms with Crippen molar-refractivity contribution in [3.05, 3.63) is 28.7 Å². The van der Waals surface area contributed by atoms with E-state index in [4.69, 9.17) is 28.4 Å². The Kier molecular flexibility index (Phi) is 3.24. The number of ether oxygens (including phenoxy) is 6. The molecule has 0 N–H and O–H groups in total. The van der Waals surface area contributed by atoms with Gasteiger partial charge in [0.05, 0.1) is 25.9 Å². The number of methoxy groups -OCH3 is 2. The summed E-state index contributed by atoms with van der Waals surface area (Å²) in [6.45, 7) is 4.79. The Morgan fingerprint density at radius 2 is 1.93 bits per heavy atom. The highest BCUT2D eigenvalue weighted by Crippen LogP contribution is 2.68. The van der Waals surface area contributed by atoms with Gasteiger partial charge in [-0.15, -0.1) is 0 Å². The van der Waals surface area contributed by atoms with E-state index < -0.39 is 11.0 Å². The molecule has 6 rings (SSSR count). The maximum absolute atomic E-state index is 14.0. The fourth-order valence-corrected chi connectivity index (χ4v) is 6.15. The lowest BCUT2D eigenvalue weighted by Crippen LogP contribution is -2.67. The van der Waals surface area contributed by atoms with Crippen LogP contribution in [-0.4, -0.2) is 39.0 Å². The molecule has 29 heavy (non-hydrogen) atoms. The van der Waals surface area contributed by atoms with Gasteiger partial charge in [0.2, 0.25) is 24.1 Å². The summed E-state index contributed by atoms with van der Waals surface area (Å²) in [4.78, 5) is 14.0. The molecule has 7 heteroatoms. The zero-order valence-corrected chi connectivity index (χ0v) is 17.0. The Hall–Kier alpha value is -2.41. The molecule has 1 aromatic carbocycles. The number of hydrogen-bond donors (Lipinski definition) is 0. The summed E-state index contributed by atoms with van der Waals surface area (Å²) in [5.41, 5.74) is 0.157. The second-order valence-electron chi connectivity index (χ2n) is 8.84. The molecular formula is C22H24O7. The number of benzene rings is 1. The minimum atomic E-state index is -0.975. The SMILES string of the molecule is COC1=C(OC)C(=O)[C@]23COc4c5c(cc(c42)[C@@H]2O[C@@]3(C1)C[C@@H](C)[C@H]2C)OCO5. The van der Waals surface area contributed by atoms with Gasteiger partial charge in [-0.25, -0.2) is 0 Å². The van der Waals surface area contributed by atoms with E-state index in [9.17, 15) is 4.79 Å². The van der Waals surface area contributed by atoms with Crippen LogP contribution < -0.4 is 14.2 Å². The highest BCUT2D eigenvalue weighted by atomic mass is 16.7. The lowest BCUT2D eigenvalue weighted by molar-refractivity contribution is -0.224. The van der Waals surface area contributed by atoms with Crippen molar-refractivity contribution >= 4 is 5.78 Å². The third-order valence-electron chi connectivity index (χ3n) is 7.72. The molecule has 7 nitrogen and oxygen atoms in total. The molecule has 154 valence electrons. The first-order chi connectivity index (χ1) is 14.0. The average molecular weight is 400 g/mol. The van der Waals surface area contributed by atoms with Crippen LogP contribution in [0.2, 0.25) is 0 Å². The van der Waals surface area contributed by atoms with Gasteiger partial charge in [-0.2, -0.15) is 0 Å². The van der Waals surface area contributed by atoms with E-state index in [0.717, 1.165) is 17.5 Å². The van der Waals surface area contributed by atoms with Gasteiger partial charge in [0.1, 0.15) is 17.8 Å². The van der Waals surface area contributed by atoms with E-state index in [-0.39, 0.29) is 37.0 Å². The van der Waals surface area contributed by atoms with Crippen molar-refractivity contribution in [2.45, 2.75) is 43.8 Å². The topological polar surface area (TPSA) is 72.5 Å². The predicted octanol–water partition coefficient (Wildman–Crippen LogP) is 3.01. The Bertz CT molecular complexity index is 982. The van der Waals surface area contributed by atoms with Crippen molar-refractivity contribution in [1.29, 1.82) is 0 Å². The smallest absolute Gasteiger partial charge is 0.231 e. The number of allylic oxidation sites excluding steroid dienone is 1. The second-order valence-corrected chi connectivity index (χ2v) is 8.84. The second kappa shape index (κ2) is 5.39. The molecule has 5 aliphatic rings. The molecule has 0 aromatic heterocycles. The Labute approximate surface area is 168 Å². The first kappa shape index (κ1) is 17.4. The molecule has 4 aliphatic heterocycles. The number of hydrogen-bond acceptors (Lipinski definition) is 7. The number of rotatable bonds is 2. The summed E-state index contributed by atoms with van der Waals surface area (Å²) in [6.07, 6.45) is 1.08. The lowest BCUT2D eigenvalue weighted by atomic mass is 9.52. The van der Waals surface area contributed by atoms with Crippen LogP contribution in [0.15, 0.2) is 17.6 Å². The molecule has 1 aliphatic carbocycles. The molecular weight excluding hydrogens is 376 g/mol. The summed E-state index contributed by atoms with van der Waals surface area (Å²) in [5, 5.41) is 0. The largest absolute Gasteiger partial charge is 0.497 e. The van der Waals surface area contributed by atoms with Crippen LogP contribution in [0.3, 0.4) is 0 Å². The summed E-state index contributed by atoms with van der Waals surface area (Å²) >= 11 is 0. The fourth-order valence-electron chi connectivity index (χ4n) is 6.15. The maximum atomic E-state index is 14.0. The van der Waals surface area contributed by atoms with Gasteiger partial charge in [-0.05, 0) is 29.9 Å². The molecule has 1 fully saturated rings. The van der Waals surface area contributed by atoms with Crippen LogP contribution in [-0.2, 0) is 24.4 Å². The van der Waals surface area contributed by atoms with Gasteiger partial charge in [0, 0.05) is 12.0 Å². The van der Waals surface area contributed by atoms with Crippen molar-refractivity contribution in [3.63, 3.8) is 0 Å². The third-order valence-corrected chi connectivity index (χ3v) is 7.72. The van der Waals surface area contributed by atoms with Crippen molar-refractivity contribution < 1.29 is 33.2 Å². The molecule has 0 unspecified atom stereocenters. The fraction of sp³-hybridized carbons (Fsp3) is 0.591. The molecule has 0 saturated carbocycles. The molecule has 2 spiro atoms. The minimum Gasteiger partial charge on any atom is -0.497 e. The first-order valence-electron chi connectivity index (χ1n) is 10.1. The number of carbonyl (C=O) groups is 1. The Morgan fingerprint density at radius 3 is 2.69 bits per heavy atom. The van der Waals surface area contributed by atoms with Gasteiger partial charge in [0.25, 0.3) is 0 Å². The highest BCUT2D eigenvalue weighted by Gasteiger charge is 2.72. The van der Waals surface area contributed by atoms with E-state index in [1.165, 1.54) is 7.11 Å². The normalized spacial score (nSPS) is 38.3. The zero-order valence-electron chi connectivity index (χ0n) is 17.0. The van der Waals surface area contributed by atoms with E-state index in [0.29, 0.717) is 35.3 Å². The van der Waals surface area contributed by atoms with Crippen LogP contribution in [0.25, 0.3) is 0 Å².